The molecule has 7 nitrogen and oxygen atoms in total. The number of nitrogens with one attached hydrogen (secondary N) is 3. The lowest BCUT2D eigenvalue weighted by Gasteiger charge is -2.24. The highest BCUT2D eigenvalue weighted by molar-refractivity contribution is 5.96. The van der Waals surface area contributed by atoms with Gasteiger partial charge >= 0.3 is 0 Å². The molecule has 3 aliphatic rings. The maximum absolute atomic E-state index is 13.8. The maximum atomic E-state index is 13.8. The van der Waals surface area contributed by atoms with Crippen LogP contribution >= 0.6 is 0 Å². The predicted octanol–water partition coefficient (Wildman–Crippen LogP) is 5.63. The van der Waals surface area contributed by atoms with E-state index in [0.29, 0.717) is 29.5 Å². The number of aromatic amines is 2. The Bertz CT molecular complexity index is 1130. The van der Waals surface area contributed by atoms with Gasteiger partial charge in [-0.05, 0) is 87.8 Å². The van der Waals surface area contributed by atoms with Crippen LogP contribution in [0.4, 0.5) is 5.69 Å². The average Bonchev–Trinajstić information content (AvgIpc) is 3.71. The van der Waals surface area contributed by atoms with Gasteiger partial charge in [0.2, 0.25) is 5.91 Å². The highest BCUT2D eigenvalue weighted by atomic mass is 16.2. The molecule has 3 aromatic rings. The second-order valence-corrected chi connectivity index (χ2v) is 10.7. The summed E-state index contributed by atoms with van der Waals surface area (Å²) in [7, 11) is 0. The molecule has 1 amide bonds. The van der Waals surface area contributed by atoms with Crippen molar-refractivity contribution in [2.45, 2.75) is 77.0 Å². The van der Waals surface area contributed by atoms with Gasteiger partial charge in [0.25, 0.3) is 0 Å². The number of anilines is 1. The van der Waals surface area contributed by atoms with Crippen LogP contribution in [0.3, 0.4) is 0 Å². The van der Waals surface area contributed by atoms with Crippen molar-refractivity contribution in [3.63, 3.8) is 0 Å². The second-order valence-electron chi connectivity index (χ2n) is 10.7. The molecule has 7 heteroatoms. The molecule has 0 saturated heterocycles. The third kappa shape index (κ3) is 4.17. The van der Waals surface area contributed by atoms with Crippen molar-refractivity contribution < 1.29 is 4.79 Å². The van der Waals surface area contributed by atoms with Crippen LogP contribution in [0.2, 0.25) is 0 Å². The lowest BCUT2D eigenvalue weighted by Crippen LogP contribution is -2.31. The van der Waals surface area contributed by atoms with Crippen LogP contribution in [0.5, 0.6) is 0 Å². The molecular weight excluding hydrogens is 424 g/mol. The number of rotatable bonds is 8. The summed E-state index contributed by atoms with van der Waals surface area (Å²) >= 11 is 0. The molecule has 178 valence electrons. The van der Waals surface area contributed by atoms with Crippen molar-refractivity contribution in [3.05, 3.63) is 47.3 Å². The van der Waals surface area contributed by atoms with Crippen LogP contribution in [0.15, 0.2) is 24.3 Å². The van der Waals surface area contributed by atoms with Crippen molar-refractivity contribution in [2.24, 2.45) is 17.8 Å². The van der Waals surface area contributed by atoms with Crippen LogP contribution in [0.25, 0.3) is 11.1 Å². The maximum Gasteiger partial charge on any atom is 0.235 e. The number of carbonyl (C=O) groups excluding carboxylic acids is 1. The molecule has 34 heavy (non-hydrogen) atoms. The smallest absolute Gasteiger partial charge is 0.235 e. The fourth-order valence-corrected chi connectivity index (χ4v) is 6.08. The molecular formula is C27H34N6O. The van der Waals surface area contributed by atoms with Crippen molar-refractivity contribution in [1.29, 1.82) is 0 Å². The molecule has 3 N–H and O–H groups in total. The minimum Gasteiger partial charge on any atom is -0.325 e. The first-order valence-electron chi connectivity index (χ1n) is 12.9. The second kappa shape index (κ2) is 8.67. The molecule has 1 aromatic carbocycles. The van der Waals surface area contributed by atoms with Gasteiger partial charge in [0.15, 0.2) is 5.82 Å². The minimum absolute atomic E-state index is 0.0317. The van der Waals surface area contributed by atoms with Crippen LogP contribution < -0.4 is 5.32 Å². The number of nitrogens with zero attached hydrogens (tertiary/aromatic N) is 3. The van der Waals surface area contributed by atoms with Crippen LogP contribution in [0.1, 0.15) is 86.2 Å². The minimum atomic E-state index is -0.288. The SMILES string of the molecule is Cc1n[nH]c(C)c1-c1ccc(NC(=O)C(c2n[nH]c(C3CCCC3)n2)C(C2CC2)C2CC2)cc1. The van der Waals surface area contributed by atoms with Crippen LogP contribution in [-0.2, 0) is 4.79 Å². The van der Waals surface area contributed by atoms with Gasteiger partial charge in [-0.1, -0.05) is 25.0 Å². The van der Waals surface area contributed by atoms with Gasteiger partial charge in [-0.25, -0.2) is 4.98 Å². The zero-order chi connectivity index (χ0) is 23.2. The Morgan fingerprint density at radius 1 is 0.941 bits per heavy atom. The van der Waals surface area contributed by atoms with E-state index in [4.69, 9.17) is 4.98 Å². The number of hydrogen-bond donors (Lipinski definition) is 3. The first-order valence-corrected chi connectivity index (χ1v) is 12.9. The number of aromatic nitrogens is 5. The van der Waals surface area contributed by atoms with E-state index in [1.54, 1.807) is 0 Å². The molecule has 6 rings (SSSR count). The molecule has 1 unspecified atom stereocenters. The lowest BCUT2D eigenvalue weighted by molar-refractivity contribution is -0.119. The normalized spacial score (nSPS) is 19.6. The molecule has 0 aliphatic heterocycles. The highest BCUT2D eigenvalue weighted by Crippen LogP contribution is 2.54. The summed E-state index contributed by atoms with van der Waals surface area (Å²) in [6.45, 7) is 4.04. The van der Waals surface area contributed by atoms with Crippen LogP contribution in [0, 0.1) is 31.6 Å². The monoisotopic (exact) mass is 458 g/mol. The third-order valence-electron chi connectivity index (χ3n) is 8.11. The van der Waals surface area contributed by atoms with Crippen molar-refractivity contribution in [3.8, 4) is 11.1 Å². The first kappa shape index (κ1) is 21.6. The fraction of sp³-hybridized carbons (Fsp3) is 0.556. The highest BCUT2D eigenvalue weighted by Gasteiger charge is 2.49. The number of hydrogen-bond acceptors (Lipinski definition) is 4. The summed E-state index contributed by atoms with van der Waals surface area (Å²) < 4.78 is 0. The number of benzene rings is 1. The Kier molecular flexibility index (Phi) is 5.50. The summed E-state index contributed by atoms with van der Waals surface area (Å²) in [4.78, 5) is 18.7. The van der Waals surface area contributed by atoms with Crippen molar-refractivity contribution >= 4 is 11.6 Å². The predicted molar refractivity (Wildman–Crippen MR) is 131 cm³/mol. The Balaban J connectivity index is 1.25. The molecule has 0 bridgehead atoms. The number of H-pyrrole nitrogens is 2. The van der Waals surface area contributed by atoms with Gasteiger partial charge in [0.1, 0.15) is 11.7 Å². The number of carbonyl (C=O) groups is 1. The largest absolute Gasteiger partial charge is 0.325 e. The number of aryl methyl sites for hydroxylation is 2. The van der Waals surface area contributed by atoms with Gasteiger partial charge in [-0.2, -0.15) is 10.2 Å². The Morgan fingerprint density at radius 2 is 1.62 bits per heavy atom. The standard InChI is InChI=1S/C27H34N6O/c1-15-22(16(2)31-30-15)17-11-13-21(14-12-17)28-27(34)24(23(18-7-8-18)19-9-10-19)26-29-25(32-33-26)20-5-3-4-6-20/h11-14,18-20,23-24H,3-10H2,1-2H3,(H,28,34)(H,30,31)(H,29,32,33). The van der Waals surface area contributed by atoms with E-state index in [1.807, 2.05) is 26.0 Å². The fourth-order valence-electron chi connectivity index (χ4n) is 6.08. The van der Waals surface area contributed by atoms with Crippen molar-refractivity contribution in [2.75, 3.05) is 5.32 Å². The molecule has 3 fully saturated rings. The summed E-state index contributed by atoms with van der Waals surface area (Å²) in [5.41, 5.74) is 5.07. The van der Waals surface area contributed by atoms with Gasteiger partial charge in [-0.15, -0.1) is 0 Å². The Hall–Kier alpha value is -2.96. The first-order chi connectivity index (χ1) is 16.6. The van der Waals surface area contributed by atoms with E-state index in [-0.39, 0.29) is 11.8 Å². The quantitative estimate of drug-likeness (QED) is 0.407. The molecule has 3 aliphatic carbocycles. The van der Waals surface area contributed by atoms with Crippen LogP contribution in [-0.4, -0.2) is 31.3 Å². The summed E-state index contributed by atoms with van der Waals surface area (Å²) in [6.07, 6.45) is 9.75. The zero-order valence-corrected chi connectivity index (χ0v) is 20.1. The summed E-state index contributed by atoms with van der Waals surface area (Å²) in [5.74, 6) is 3.50. The van der Waals surface area contributed by atoms with E-state index in [0.717, 1.165) is 34.0 Å². The van der Waals surface area contributed by atoms with Gasteiger partial charge in [0.05, 0.1) is 5.69 Å². The lowest BCUT2D eigenvalue weighted by atomic mass is 9.82. The Morgan fingerprint density at radius 3 is 2.21 bits per heavy atom. The van der Waals surface area contributed by atoms with E-state index in [1.165, 1.54) is 51.4 Å². The van der Waals surface area contributed by atoms with E-state index >= 15 is 0 Å². The van der Waals surface area contributed by atoms with E-state index < -0.39 is 0 Å². The van der Waals surface area contributed by atoms with E-state index in [9.17, 15) is 4.79 Å². The van der Waals surface area contributed by atoms with E-state index in [2.05, 4.69) is 37.8 Å². The summed E-state index contributed by atoms with van der Waals surface area (Å²) in [6, 6.07) is 8.09. The topological polar surface area (TPSA) is 99.4 Å². The number of amides is 1. The van der Waals surface area contributed by atoms with Gasteiger partial charge < -0.3 is 5.32 Å². The zero-order valence-electron chi connectivity index (χ0n) is 20.1. The van der Waals surface area contributed by atoms with Gasteiger partial charge in [-0.3, -0.25) is 15.0 Å². The molecule has 2 aromatic heterocycles. The Labute approximate surface area is 200 Å². The third-order valence-corrected chi connectivity index (χ3v) is 8.11. The van der Waals surface area contributed by atoms with Crippen molar-refractivity contribution in [1.82, 2.24) is 25.4 Å². The molecule has 3 saturated carbocycles. The molecule has 0 radical (unpaired) electrons. The average molecular weight is 459 g/mol. The van der Waals surface area contributed by atoms with Gasteiger partial charge in [0, 0.05) is 22.9 Å². The molecule has 0 spiro atoms. The molecule has 1 atom stereocenters. The molecule has 2 heterocycles. The summed E-state index contributed by atoms with van der Waals surface area (Å²) in [5, 5.41) is 18.4.